The predicted molar refractivity (Wildman–Crippen MR) is 108 cm³/mol. The number of carbonyl (C=O) groups excluding carboxylic acids is 1. The summed E-state index contributed by atoms with van der Waals surface area (Å²) in [6.45, 7) is -0.986. The van der Waals surface area contributed by atoms with Crippen molar-refractivity contribution in [3.8, 4) is 11.5 Å². The minimum Gasteiger partial charge on any atom is -0.485 e. The molecule has 2 aliphatic rings. The molecule has 14 heteroatoms. The first kappa shape index (κ1) is 25.1. The Balaban J connectivity index is 1.49. The highest BCUT2D eigenvalue weighted by atomic mass is 32.2. The number of nitrogens with zero attached hydrogens (tertiary/aromatic N) is 2. The third-order valence-electron chi connectivity index (χ3n) is 5.53. The van der Waals surface area contributed by atoms with Crippen LogP contribution >= 0.6 is 0 Å². The van der Waals surface area contributed by atoms with Crippen LogP contribution in [0.1, 0.15) is 11.1 Å². The SMILES string of the molecule is O=C(C1COc2ccccc2O1)N1CCN(S(=O)(=O)c2cc(C(F)(F)F)cc(C(F)(F)F)c2)CC1. The number of rotatable bonds is 3. The zero-order valence-corrected chi connectivity index (χ0v) is 18.6. The molecular weight excluding hydrogens is 506 g/mol. The minimum atomic E-state index is -5.18. The van der Waals surface area contributed by atoms with Crippen LogP contribution in [0.25, 0.3) is 0 Å². The number of halogens is 6. The summed E-state index contributed by atoms with van der Waals surface area (Å²) in [6, 6.07) is 6.91. The highest BCUT2D eigenvalue weighted by Crippen LogP contribution is 2.38. The second-order valence-electron chi connectivity index (χ2n) is 7.84. The maximum absolute atomic E-state index is 13.1. The van der Waals surface area contributed by atoms with E-state index in [1.807, 2.05) is 0 Å². The van der Waals surface area contributed by atoms with Gasteiger partial charge in [0, 0.05) is 26.2 Å². The number of sulfonamides is 1. The van der Waals surface area contributed by atoms with Crippen molar-refractivity contribution in [3.63, 3.8) is 0 Å². The third kappa shape index (κ3) is 5.17. The Morgan fingerprint density at radius 2 is 1.40 bits per heavy atom. The molecule has 2 heterocycles. The molecule has 0 spiro atoms. The molecule has 190 valence electrons. The van der Waals surface area contributed by atoms with E-state index < -0.39 is 50.4 Å². The molecule has 1 atom stereocenters. The van der Waals surface area contributed by atoms with Crippen molar-refractivity contribution in [2.75, 3.05) is 32.8 Å². The van der Waals surface area contributed by atoms with E-state index in [9.17, 15) is 39.6 Å². The van der Waals surface area contributed by atoms with Gasteiger partial charge in [-0.05, 0) is 30.3 Å². The van der Waals surface area contributed by atoms with Gasteiger partial charge in [-0.15, -0.1) is 0 Å². The second-order valence-corrected chi connectivity index (χ2v) is 9.77. The summed E-state index contributed by atoms with van der Waals surface area (Å²) in [5.41, 5.74) is -3.45. The van der Waals surface area contributed by atoms with Crippen LogP contribution < -0.4 is 9.47 Å². The molecule has 0 N–H and O–H groups in total. The predicted octanol–water partition coefficient (Wildman–Crippen LogP) is 3.40. The molecule has 2 aromatic rings. The van der Waals surface area contributed by atoms with Crippen LogP contribution in [0.4, 0.5) is 26.3 Å². The summed E-state index contributed by atoms with van der Waals surface area (Å²) in [5.74, 6) is 0.352. The van der Waals surface area contributed by atoms with Crippen LogP contribution in [-0.2, 0) is 27.2 Å². The van der Waals surface area contributed by atoms with Crippen molar-refractivity contribution in [1.29, 1.82) is 0 Å². The summed E-state index contributed by atoms with van der Waals surface area (Å²) < 4.78 is 116. The molecule has 0 aromatic heterocycles. The smallest absolute Gasteiger partial charge is 0.416 e. The molecule has 2 aliphatic heterocycles. The zero-order valence-electron chi connectivity index (χ0n) is 17.8. The number of fused-ring (bicyclic) bond motifs is 1. The first-order valence-electron chi connectivity index (χ1n) is 10.2. The van der Waals surface area contributed by atoms with Crippen LogP contribution in [0.15, 0.2) is 47.4 Å². The molecule has 0 radical (unpaired) electrons. The number of alkyl halides is 6. The average molecular weight is 524 g/mol. The summed E-state index contributed by atoms with van der Waals surface area (Å²) >= 11 is 0. The van der Waals surface area contributed by atoms with E-state index in [0.29, 0.717) is 11.5 Å². The lowest BCUT2D eigenvalue weighted by molar-refractivity contribution is -0.144. The molecule has 1 saturated heterocycles. The van der Waals surface area contributed by atoms with E-state index in [-0.39, 0.29) is 51.0 Å². The molecular formula is C21H18F6N2O5S. The normalized spacial score (nSPS) is 19.5. The van der Waals surface area contributed by atoms with Crippen LogP contribution in [0, 0.1) is 0 Å². The highest BCUT2D eigenvalue weighted by molar-refractivity contribution is 7.89. The van der Waals surface area contributed by atoms with E-state index in [4.69, 9.17) is 9.47 Å². The fraction of sp³-hybridized carbons (Fsp3) is 0.381. The van der Waals surface area contributed by atoms with Crippen molar-refractivity contribution in [1.82, 2.24) is 9.21 Å². The van der Waals surface area contributed by atoms with Crippen molar-refractivity contribution in [3.05, 3.63) is 53.6 Å². The molecule has 1 unspecified atom stereocenters. The number of hydrogen-bond donors (Lipinski definition) is 0. The van der Waals surface area contributed by atoms with Gasteiger partial charge < -0.3 is 14.4 Å². The average Bonchev–Trinajstić information content (AvgIpc) is 2.82. The Morgan fingerprint density at radius 1 is 0.857 bits per heavy atom. The van der Waals surface area contributed by atoms with Gasteiger partial charge in [-0.3, -0.25) is 4.79 Å². The molecule has 1 fully saturated rings. The number of carbonyl (C=O) groups is 1. The van der Waals surface area contributed by atoms with E-state index in [1.165, 1.54) is 4.90 Å². The Labute approximate surface area is 195 Å². The van der Waals surface area contributed by atoms with Gasteiger partial charge in [0.25, 0.3) is 5.91 Å². The van der Waals surface area contributed by atoms with Crippen molar-refractivity contribution in [2.24, 2.45) is 0 Å². The third-order valence-corrected chi connectivity index (χ3v) is 7.41. The van der Waals surface area contributed by atoms with Gasteiger partial charge in [0.05, 0.1) is 16.0 Å². The Bertz CT molecular complexity index is 1190. The van der Waals surface area contributed by atoms with E-state index >= 15 is 0 Å². The largest absolute Gasteiger partial charge is 0.485 e. The Kier molecular flexibility index (Phi) is 6.38. The zero-order chi connectivity index (χ0) is 25.6. The lowest BCUT2D eigenvalue weighted by Gasteiger charge is -2.36. The van der Waals surface area contributed by atoms with Gasteiger partial charge in [-0.2, -0.15) is 30.6 Å². The van der Waals surface area contributed by atoms with Crippen molar-refractivity contribution < 1.29 is 49.0 Å². The van der Waals surface area contributed by atoms with Crippen LogP contribution in [0.3, 0.4) is 0 Å². The molecule has 4 rings (SSSR count). The quantitative estimate of drug-likeness (QED) is 0.576. The molecule has 35 heavy (non-hydrogen) atoms. The summed E-state index contributed by atoms with van der Waals surface area (Å²) in [4.78, 5) is 13.0. The highest BCUT2D eigenvalue weighted by Gasteiger charge is 2.40. The van der Waals surface area contributed by atoms with Gasteiger partial charge in [-0.1, -0.05) is 12.1 Å². The molecule has 7 nitrogen and oxygen atoms in total. The molecule has 0 bridgehead atoms. The number of ether oxygens (including phenoxy) is 2. The molecule has 0 aliphatic carbocycles. The number of hydrogen-bond acceptors (Lipinski definition) is 5. The van der Waals surface area contributed by atoms with Gasteiger partial charge in [-0.25, -0.2) is 8.42 Å². The molecule has 2 aromatic carbocycles. The van der Waals surface area contributed by atoms with E-state index in [0.717, 1.165) is 4.31 Å². The lowest BCUT2D eigenvalue weighted by Crippen LogP contribution is -2.55. The minimum absolute atomic E-state index is 0.0706. The van der Waals surface area contributed by atoms with Crippen LogP contribution in [0.2, 0.25) is 0 Å². The number of piperazine rings is 1. The summed E-state index contributed by atoms with van der Waals surface area (Å²) in [5, 5.41) is 0. The standard InChI is InChI=1S/C21H18F6N2O5S/c22-20(23,24)13-9-14(21(25,26)27)11-15(10-13)35(31,32)29-7-5-28(6-8-29)19(30)18-12-33-16-3-1-2-4-17(16)34-18/h1-4,9-11,18H,5-8,12H2. The monoisotopic (exact) mass is 524 g/mol. The van der Waals surface area contributed by atoms with Crippen molar-refractivity contribution >= 4 is 15.9 Å². The summed E-state index contributed by atoms with van der Waals surface area (Å²) in [6.07, 6.45) is -11.3. The fourth-order valence-electron chi connectivity index (χ4n) is 3.72. The molecule has 1 amide bonds. The van der Waals surface area contributed by atoms with Gasteiger partial charge >= 0.3 is 12.4 Å². The van der Waals surface area contributed by atoms with E-state index in [1.54, 1.807) is 24.3 Å². The van der Waals surface area contributed by atoms with Crippen molar-refractivity contribution in [2.45, 2.75) is 23.4 Å². The first-order chi connectivity index (χ1) is 16.3. The number of para-hydroxylation sites is 2. The maximum atomic E-state index is 13.1. The van der Waals surface area contributed by atoms with Crippen LogP contribution in [-0.4, -0.2) is 62.4 Å². The van der Waals surface area contributed by atoms with Gasteiger partial charge in [0.1, 0.15) is 6.61 Å². The summed E-state index contributed by atoms with van der Waals surface area (Å²) in [7, 11) is -4.70. The first-order valence-corrected chi connectivity index (χ1v) is 11.7. The number of amides is 1. The second kappa shape index (κ2) is 8.90. The van der Waals surface area contributed by atoms with Gasteiger partial charge in [0.15, 0.2) is 11.5 Å². The maximum Gasteiger partial charge on any atom is 0.416 e. The topological polar surface area (TPSA) is 76.2 Å². The number of benzene rings is 2. The fourth-order valence-corrected chi connectivity index (χ4v) is 5.21. The Hall–Kier alpha value is -3.00. The Morgan fingerprint density at radius 3 is 1.94 bits per heavy atom. The van der Waals surface area contributed by atoms with Gasteiger partial charge in [0.2, 0.25) is 16.1 Å². The lowest BCUT2D eigenvalue weighted by atomic mass is 10.1. The van der Waals surface area contributed by atoms with E-state index in [2.05, 4.69) is 0 Å². The molecule has 0 saturated carbocycles. The van der Waals surface area contributed by atoms with Crippen LogP contribution in [0.5, 0.6) is 11.5 Å².